The maximum absolute atomic E-state index is 5.19. The van der Waals surface area contributed by atoms with Crippen molar-refractivity contribution in [2.45, 2.75) is 0 Å². The third-order valence-corrected chi connectivity index (χ3v) is 2.13. The van der Waals surface area contributed by atoms with Crippen LogP contribution in [-0.2, 0) is 0 Å². The normalized spacial score (nSPS) is 11.4. The van der Waals surface area contributed by atoms with Gasteiger partial charge < -0.3 is 9.15 Å². The van der Waals surface area contributed by atoms with E-state index >= 15 is 0 Å². The van der Waals surface area contributed by atoms with Crippen LogP contribution in [0.15, 0.2) is 57.3 Å². The van der Waals surface area contributed by atoms with E-state index in [1.807, 2.05) is 30.3 Å². The van der Waals surface area contributed by atoms with E-state index in [4.69, 9.17) is 9.15 Å². The van der Waals surface area contributed by atoms with Crippen LogP contribution in [0.5, 0.6) is 5.75 Å². The van der Waals surface area contributed by atoms with Gasteiger partial charge in [0.1, 0.15) is 11.5 Å². The fraction of sp³-hybridized carbons (Fsp3) is 0.0769. The second-order valence-corrected chi connectivity index (χ2v) is 3.25. The van der Waals surface area contributed by atoms with E-state index in [0.29, 0.717) is 5.76 Å². The Kier molecular flexibility index (Phi) is 3.70. The SMILES string of the molecule is COc1ccccc1/C=N\N=C\c1ccco1. The van der Waals surface area contributed by atoms with Gasteiger partial charge in [-0.05, 0) is 24.3 Å². The Bertz CT molecular complexity index is 516. The largest absolute Gasteiger partial charge is 0.496 e. The molecule has 86 valence electrons. The minimum absolute atomic E-state index is 0.669. The van der Waals surface area contributed by atoms with E-state index in [9.17, 15) is 0 Å². The lowest BCUT2D eigenvalue weighted by Gasteiger charge is -2.01. The van der Waals surface area contributed by atoms with Gasteiger partial charge in [-0.1, -0.05) is 12.1 Å². The minimum atomic E-state index is 0.669. The van der Waals surface area contributed by atoms with Gasteiger partial charge in [-0.3, -0.25) is 0 Å². The minimum Gasteiger partial charge on any atom is -0.496 e. The van der Waals surface area contributed by atoms with Crippen LogP contribution in [0.25, 0.3) is 0 Å². The standard InChI is InChI=1S/C13H12N2O2/c1-16-13-7-3-2-5-11(13)9-14-15-10-12-6-4-8-17-12/h2-10H,1H3/b14-9-,15-10+. The van der Waals surface area contributed by atoms with E-state index in [-0.39, 0.29) is 0 Å². The van der Waals surface area contributed by atoms with E-state index in [2.05, 4.69) is 10.2 Å². The summed E-state index contributed by atoms with van der Waals surface area (Å²) in [7, 11) is 1.62. The van der Waals surface area contributed by atoms with Crippen LogP contribution in [0.2, 0.25) is 0 Å². The number of nitrogens with zero attached hydrogens (tertiary/aromatic N) is 2. The van der Waals surface area contributed by atoms with E-state index in [0.717, 1.165) is 11.3 Å². The highest BCUT2D eigenvalue weighted by molar-refractivity contribution is 5.84. The first-order valence-corrected chi connectivity index (χ1v) is 5.13. The molecule has 0 bridgehead atoms. The van der Waals surface area contributed by atoms with Crippen molar-refractivity contribution in [3.63, 3.8) is 0 Å². The summed E-state index contributed by atoms with van der Waals surface area (Å²) in [5.74, 6) is 1.44. The Balaban J connectivity index is 2.05. The van der Waals surface area contributed by atoms with E-state index in [1.54, 1.807) is 31.9 Å². The number of rotatable bonds is 4. The third-order valence-electron chi connectivity index (χ3n) is 2.13. The van der Waals surface area contributed by atoms with Crippen LogP contribution in [-0.4, -0.2) is 19.5 Å². The molecular weight excluding hydrogens is 216 g/mol. The summed E-state index contributed by atoms with van der Waals surface area (Å²) in [6, 6.07) is 11.2. The van der Waals surface area contributed by atoms with Gasteiger partial charge in [0.15, 0.2) is 0 Å². The fourth-order valence-corrected chi connectivity index (χ4v) is 1.32. The molecule has 1 aromatic heterocycles. The lowest BCUT2D eigenvalue weighted by molar-refractivity contribution is 0.414. The fourth-order valence-electron chi connectivity index (χ4n) is 1.32. The van der Waals surface area contributed by atoms with Crippen molar-refractivity contribution in [3.8, 4) is 5.75 Å². The number of hydrogen-bond donors (Lipinski definition) is 0. The van der Waals surface area contributed by atoms with Crippen LogP contribution < -0.4 is 4.74 Å². The number of ether oxygens (including phenoxy) is 1. The second kappa shape index (κ2) is 5.65. The molecule has 0 saturated heterocycles. The van der Waals surface area contributed by atoms with Gasteiger partial charge in [0.2, 0.25) is 0 Å². The molecule has 1 heterocycles. The number of methoxy groups -OCH3 is 1. The van der Waals surface area contributed by atoms with Crippen LogP contribution in [0.3, 0.4) is 0 Å². The third kappa shape index (κ3) is 3.04. The summed E-state index contributed by atoms with van der Waals surface area (Å²) in [5.41, 5.74) is 0.881. The van der Waals surface area contributed by atoms with Gasteiger partial charge in [0.05, 0.1) is 25.8 Å². The molecule has 0 saturated carbocycles. The Morgan fingerprint density at radius 3 is 2.65 bits per heavy atom. The van der Waals surface area contributed by atoms with Crippen molar-refractivity contribution >= 4 is 12.4 Å². The average molecular weight is 228 g/mol. The average Bonchev–Trinajstić information content (AvgIpc) is 2.88. The molecular formula is C13H12N2O2. The van der Waals surface area contributed by atoms with Crippen LogP contribution in [0.1, 0.15) is 11.3 Å². The van der Waals surface area contributed by atoms with Crippen LogP contribution in [0.4, 0.5) is 0 Å². The van der Waals surface area contributed by atoms with Crippen molar-refractivity contribution in [1.82, 2.24) is 0 Å². The molecule has 0 atom stereocenters. The quantitative estimate of drug-likeness (QED) is 0.596. The van der Waals surface area contributed by atoms with Gasteiger partial charge in [-0.15, -0.1) is 0 Å². The molecule has 0 radical (unpaired) electrons. The first-order chi connectivity index (χ1) is 8.40. The predicted octanol–water partition coefficient (Wildman–Crippen LogP) is 2.74. The first-order valence-electron chi connectivity index (χ1n) is 5.13. The van der Waals surface area contributed by atoms with Crippen LogP contribution >= 0.6 is 0 Å². The zero-order valence-electron chi connectivity index (χ0n) is 9.41. The molecule has 0 fully saturated rings. The highest BCUT2D eigenvalue weighted by Crippen LogP contribution is 2.14. The Labute approximate surface area is 99.3 Å². The number of benzene rings is 1. The van der Waals surface area contributed by atoms with Crippen LogP contribution in [0, 0.1) is 0 Å². The number of hydrogen-bond acceptors (Lipinski definition) is 4. The molecule has 0 unspecified atom stereocenters. The topological polar surface area (TPSA) is 47.1 Å². The molecule has 0 aliphatic heterocycles. The Hall–Kier alpha value is -2.36. The van der Waals surface area contributed by atoms with Gasteiger partial charge >= 0.3 is 0 Å². The highest BCUT2D eigenvalue weighted by Gasteiger charge is 1.96. The summed E-state index contributed by atoms with van der Waals surface area (Å²) in [4.78, 5) is 0. The molecule has 0 aliphatic rings. The van der Waals surface area contributed by atoms with Crippen molar-refractivity contribution in [2.24, 2.45) is 10.2 Å². The molecule has 0 amide bonds. The zero-order chi connectivity index (χ0) is 11.9. The van der Waals surface area contributed by atoms with Gasteiger partial charge in [-0.2, -0.15) is 10.2 Å². The van der Waals surface area contributed by atoms with Crippen molar-refractivity contribution in [3.05, 3.63) is 54.0 Å². The molecule has 4 heteroatoms. The molecule has 1 aromatic carbocycles. The molecule has 4 nitrogen and oxygen atoms in total. The van der Waals surface area contributed by atoms with Gasteiger partial charge in [0, 0.05) is 5.56 Å². The monoisotopic (exact) mass is 228 g/mol. The summed E-state index contributed by atoms with van der Waals surface area (Å²) in [6.45, 7) is 0. The molecule has 2 aromatic rings. The maximum atomic E-state index is 5.19. The summed E-state index contributed by atoms with van der Waals surface area (Å²) >= 11 is 0. The Morgan fingerprint density at radius 2 is 1.88 bits per heavy atom. The summed E-state index contributed by atoms with van der Waals surface area (Å²) in [6.07, 6.45) is 4.77. The summed E-state index contributed by atoms with van der Waals surface area (Å²) < 4.78 is 10.3. The smallest absolute Gasteiger partial charge is 0.146 e. The second-order valence-electron chi connectivity index (χ2n) is 3.25. The van der Waals surface area contributed by atoms with Crippen molar-refractivity contribution in [1.29, 1.82) is 0 Å². The number of para-hydroxylation sites is 1. The molecule has 2 rings (SSSR count). The molecule has 0 N–H and O–H groups in total. The van der Waals surface area contributed by atoms with Gasteiger partial charge in [0.25, 0.3) is 0 Å². The zero-order valence-corrected chi connectivity index (χ0v) is 9.41. The van der Waals surface area contributed by atoms with Gasteiger partial charge in [-0.25, -0.2) is 0 Å². The Morgan fingerprint density at radius 1 is 1.06 bits per heavy atom. The van der Waals surface area contributed by atoms with E-state index in [1.165, 1.54) is 0 Å². The summed E-state index contributed by atoms with van der Waals surface area (Å²) in [5, 5.41) is 7.81. The molecule has 0 spiro atoms. The lowest BCUT2D eigenvalue weighted by Crippen LogP contribution is -1.89. The number of furan rings is 1. The maximum Gasteiger partial charge on any atom is 0.146 e. The predicted molar refractivity (Wildman–Crippen MR) is 66.9 cm³/mol. The van der Waals surface area contributed by atoms with Crippen molar-refractivity contribution < 1.29 is 9.15 Å². The van der Waals surface area contributed by atoms with Crippen molar-refractivity contribution in [2.75, 3.05) is 7.11 Å². The molecule has 17 heavy (non-hydrogen) atoms. The lowest BCUT2D eigenvalue weighted by atomic mass is 10.2. The van der Waals surface area contributed by atoms with E-state index < -0.39 is 0 Å². The highest BCUT2D eigenvalue weighted by atomic mass is 16.5. The first kappa shape index (κ1) is 11.1. The molecule has 0 aliphatic carbocycles.